The number of aliphatic hydroxyl groups is 1. The fourth-order valence-corrected chi connectivity index (χ4v) is 2.01. The molecule has 0 radical (unpaired) electrons. The van der Waals surface area contributed by atoms with Crippen molar-refractivity contribution in [1.82, 2.24) is 0 Å². The van der Waals surface area contributed by atoms with Crippen molar-refractivity contribution in [2.24, 2.45) is 5.92 Å². The van der Waals surface area contributed by atoms with Gasteiger partial charge in [-0.25, -0.2) is 8.78 Å². The molecule has 1 aromatic rings. The van der Waals surface area contributed by atoms with Crippen molar-refractivity contribution in [3.8, 4) is 0 Å². The van der Waals surface area contributed by atoms with Crippen molar-refractivity contribution in [1.29, 1.82) is 0 Å². The minimum Gasteiger partial charge on any atom is -0.396 e. The summed E-state index contributed by atoms with van der Waals surface area (Å²) in [6, 6.07) is 6.80. The second-order valence-electron chi connectivity index (χ2n) is 3.49. The number of halogens is 3. The molecular weight excluding hydrogens is 254 g/mol. The van der Waals surface area contributed by atoms with Crippen LogP contribution in [0.25, 0.3) is 0 Å². The van der Waals surface area contributed by atoms with Crippen molar-refractivity contribution >= 4 is 15.9 Å². The highest BCUT2D eigenvalue weighted by Crippen LogP contribution is 2.61. The third-order valence-corrected chi connectivity index (χ3v) is 3.16. The lowest BCUT2D eigenvalue weighted by molar-refractivity contribution is 0.0785. The van der Waals surface area contributed by atoms with Crippen molar-refractivity contribution in [3.63, 3.8) is 0 Å². The Bertz CT molecular complexity index is 336. The first kappa shape index (κ1) is 10.1. The minimum atomic E-state index is -2.73. The van der Waals surface area contributed by atoms with Crippen LogP contribution in [0.4, 0.5) is 8.78 Å². The Morgan fingerprint density at radius 2 is 1.86 bits per heavy atom. The number of aliphatic hydroxyl groups excluding tert-OH is 1. The second kappa shape index (κ2) is 3.28. The quantitative estimate of drug-likeness (QED) is 0.869. The molecule has 1 fully saturated rings. The molecule has 76 valence electrons. The first-order chi connectivity index (χ1) is 6.57. The van der Waals surface area contributed by atoms with Crippen LogP contribution in [0.3, 0.4) is 0 Å². The smallest absolute Gasteiger partial charge is 0.261 e. The maximum absolute atomic E-state index is 13.1. The molecule has 0 aliphatic heterocycles. The van der Waals surface area contributed by atoms with E-state index in [9.17, 15) is 8.78 Å². The third kappa shape index (κ3) is 1.46. The molecule has 0 amide bonds. The Morgan fingerprint density at radius 1 is 1.29 bits per heavy atom. The summed E-state index contributed by atoms with van der Waals surface area (Å²) in [7, 11) is 0. The molecule has 0 aromatic heterocycles. The zero-order valence-electron chi connectivity index (χ0n) is 7.25. The predicted molar refractivity (Wildman–Crippen MR) is 52.4 cm³/mol. The van der Waals surface area contributed by atoms with Crippen LogP contribution in [-0.2, 0) is 0 Å². The number of benzene rings is 1. The SMILES string of the molecule is OC[C@@H]1[C@H](c2ccc(Br)cc2)C1(F)F. The molecule has 1 aromatic carbocycles. The molecule has 0 unspecified atom stereocenters. The first-order valence-corrected chi connectivity index (χ1v) is 5.11. The van der Waals surface area contributed by atoms with Crippen molar-refractivity contribution in [2.75, 3.05) is 6.61 Å². The summed E-state index contributed by atoms with van der Waals surface area (Å²) in [5.74, 6) is -4.44. The van der Waals surface area contributed by atoms with Gasteiger partial charge in [0.15, 0.2) is 0 Å². The number of rotatable bonds is 2. The summed E-state index contributed by atoms with van der Waals surface area (Å²) >= 11 is 3.24. The van der Waals surface area contributed by atoms with E-state index in [-0.39, 0.29) is 0 Å². The van der Waals surface area contributed by atoms with E-state index in [1.165, 1.54) is 0 Å². The maximum Gasteiger partial charge on any atom is 0.261 e. The van der Waals surface area contributed by atoms with Crippen LogP contribution < -0.4 is 0 Å². The van der Waals surface area contributed by atoms with Gasteiger partial charge in [0.25, 0.3) is 5.92 Å². The average molecular weight is 263 g/mol. The molecular formula is C10H9BrF2O. The van der Waals surface area contributed by atoms with Crippen molar-refractivity contribution in [3.05, 3.63) is 34.3 Å². The van der Waals surface area contributed by atoms with Gasteiger partial charge >= 0.3 is 0 Å². The van der Waals surface area contributed by atoms with E-state index >= 15 is 0 Å². The van der Waals surface area contributed by atoms with Gasteiger partial charge in [-0.05, 0) is 17.7 Å². The van der Waals surface area contributed by atoms with Crippen molar-refractivity contribution in [2.45, 2.75) is 11.8 Å². The summed E-state index contributed by atoms with van der Waals surface area (Å²) < 4.78 is 27.0. The molecule has 14 heavy (non-hydrogen) atoms. The number of hydrogen-bond donors (Lipinski definition) is 1. The Morgan fingerprint density at radius 3 is 2.29 bits per heavy atom. The van der Waals surface area contributed by atoms with Crippen LogP contribution in [0, 0.1) is 5.92 Å². The van der Waals surface area contributed by atoms with Gasteiger partial charge < -0.3 is 5.11 Å². The fraction of sp³-hybridized carbons (Fsp3) is 0.400. The molecule has 4 heteroatoms. The van der Waals surface area contributed by atoms with Crippen LogP contribution in [0.15, 0.2) is 28.7 Å². The molecule has 0 heterocycles. The van der Waals surface area contributed by atoms with Gasteiger partial charge in [0.1, 0.15) is 0 Å². The van der Waals surface area contributed by atoms with E-state index in [2.05, 4.69) is 15.9 Å². The molecule has 1 aliphatic carbocycles. The van der Waals surface area contributed by atoms with Gasteiger partial charge in [-0.1, -0.05) is 28.1 Å². The van der Waals surface area contributed by atoms with Crippen molar-refractivity contribution < 1.29 is 13.9 Å². The minimum absolute atomic E-state index is 0.451. The Hall–Kier alpha value is -0.480. The van der Waals surface area contributed by atoms with Crippen LogP contribution in [0.5, 0.6) is 0 Å². The molecule has 1 nitrogen and oxygen atoms in total. The lowest BCUT2D eigenvalue weighted by Crippen LogP contribution is -1.97. The van der Waals surface area contributed by atoms with Crippen LogP contribution in [0.1, 0.15) is 11.5 Å². The van der Waals surface area contributed by atoms with E-state index in [4.69, 9.17) is 5.11 Å². The Kier molecular flexibility index (Phi) is 2.35. The van der Waals surface area contributed by atoms with E-state index < -0.39 is 24.4 Å². The zero-order chi connectivity index (χ0) is 10.3. The highest BCUT2D eigenvalue weighted by atomic mass is 79.9. The van der Waals surface area contributed by atoms with Gasteiger partial charge in [-0.15, -0.1) is 0 Å². The molecule has 2 atom stereocenters. The monoisotopic (exact) mass is 262 g/mol. The summed E-state index contributed by atoms with van der Waals surface area (Å²) in [5.41, 5.74) is 0.595. The highest BCUT2D eigenvalue weighted by Gasteiger charge is 2.68. The Labute approximate surface area is 88.9 Å². The molecule has 2 rings (SSSR count). The van der Waals surface area contributed by atoms with E-state index in [0.29, 0.717) is 5.56 Å². The standard InChI is InChI=1S/C10H9BrF2O/c11-7-3-1-6(2-4-7)9-8(5-14)10(9,12)13/h1-4,8-9,14H,5H2/t8-,9+/m1/s1. The molecule has 0 bridgehead atoms. The van der Waals surface area contributed by atoms with Gasteiger partial charge in [-0.3, -0.25) is 0 Å². The van der Waals surface area contributed by atoms with E-state index in [1.54, 1.807) is 24.3 Å². The third-order valence-electron chi connectivity index (χ3n) is 2.63. The second-order valence-corrected chi connectivity index (χ2v) is 4.41. The van der Waals surface area contributed by atoms with Gasteiger partial charge in [-0.2, -0.15) is 0 Å². The molecule has 0 saturated heterocycles. The van der Waals surface area contributed by atoms with Gasteiger partial charge in [0, 0.05) is 4.47 Å². The maximum atomic E-state index is 13.1. The first-order valence-electron chi connectivity index (χ1n) is 4.31. The van der Waals surface area contributed by atoms with Crippen LogP contribution in [-0.4, -0.2) is 17.6 Å². The number of alkyl halides is 2. The molecule has 1 N–H and O–H groups in total. The largest absolute Gasteiger partial charge is 0.396 e. The molecule has 1 saturated carbocycles. The summed E-state index contributed by atoms with van der Waals surface area (Å²) in [6.45, 7) is -0.451. The Balaban J connectivity index is 2.22. The van der Waals surface area contributed by atoms with Crippen LogP contribution in [0.2, 0.25) is 0 Å². The van der Waals surface area contributed by atoms with E-state index in [1.807, 2.05) is 0 Å². The highest BCUT2D eigenvalue weighted by molar-refractivity contribution is 9.10. The summed E-state index contributed by atoms with van der Waals surface area (Å²) in [5, 5.41) is 8.74. The lowest BCUT2D eigenvalue weighted by atomic mass is 10.1. The summed E-state index contributed by atoms with van der Waals surface area (Å²) in [6.07, 6.45) is 0. The molecule has 0 spiro atoms. The van der Waals surface area contributed by atoms with Gasteiger partial charge in [0.05, 0.1) is 18.4 Å². The topological polar surface area (TPSA) is 20.2 Å². The lowest BCUT2D eigenvalue weighted by Gasteiger charge is -1.98. The normalized spacial score (nSPS) is 28.9. The predicted octanol–water partition coefficient (Wildman–Crippen LogP) is 2.79. The molecule has 1 aliphatic rings. The van der Waals surface area contributed by atoms with E-state index in [0.717, 1.165) is 4.47 Å². The van der Waals surface area contributed by atoms with Crippen LogP contribution >= 0.6 is 15.9 Å². The number of hydrogen-bond acceptors (Lipinski definition) is 1. The fourth-order valence-electron chi connectivity index (χ4n) is 1.74. The zero-order valence-corrected chi connectivity index (χ0v) is 8.84. The average Bonchev–Trinajstić information content (AvgIpc) is 2.69. The summed E-state index contributed by atoms with van der Waals surface area (Å²) in [4.78, 5) is 0. The van der Waals surface area contributed by atoms with Gasteiger partial charge in [0.2, 0.25) is 0 Å².